The first-order valence-corrected chi connectivity index (χ1v) is 6.46. The highest BCUT2D eigenvalue weighted by Gasteiger charge is 2.07. The first-order valence-electron chi connectivity index (χ1n) is 6.46. The quantitative estimate of drug-likeness (QED) is 0.579. The molecule has 1 N–H and O–H groups in total. The van der Waals surface area contributed by atoms with Crippen molar-refractivity contribution >= 4 is 0 Å². The van der Waals surface area contributed by atoms with Crippen molar-refractivity contribution in [1.82, 2.24) is 15.1 Å². The summed E-state index contributed by atoms with van der Waals surface area (Å²) in [7, 11) is 0. The Morgan fingerprint density at radius 3 is 2.82 bits per heavy atom. The Balaban J connectivity index is 2.36. The first kappa shape index (κ1) is 13.8. The van der Waals surface area contributed by atoms with Crippen molar-refractivity contribution in [3.63, 3.8) is 0 Å². The molecule has 0 atom stereocenters. The molecule has 94 valence electrons. The zero-order valence-corrected chi connectivity index (χ0v) is 11.2. The predicted molar refractivity (Wildman–Crippen MR) is 71.6 cm³/mol. The van der Waals surface area contributed by atoms with Crippen molar-refractivity contribution in [2.75, 3.05) is 6.54 Å². The smallest absolute Gasteiger partial charge is 0.0762 e. The minimum absolute atomic E-state index is 0.537. The van der Waals surface area contributed by atoms with Gasteiger partial charge in [-0.15, -0.1) is 11.8 Å². The molecule has 1 heterocycles. The van der Waals surface area contributed by atoms with Gasteiger partial charge >= 0.3 is 0 Å². The largest absolute Gasteiger partial charge is 0.310 e. The molecule has 0 aliphatic rings. The van der Waals surface area contributed by atoms with Gasteiger partial charge in [-0.05, 0) is 25.8 Å². The van der Waals surface area contributed by atoms with Gasteiger partial charge < -0.3 is 5.32 Å². The highest BCUT2D eigenvalue weighted by atomic mass is 15.3. The Labute approximate surface area is 105 Å². The lowest BCUT2D eigenvalue weighted by molar-refractivity contribution is 0.424. The Bertz CT molecular complexity index is 366. The fourth-order valence-electron chi connectivity index (χ4n) is 1.83. The number of rotatable bonds is 7. The molecule has 0 saturated carbocycles. The van der Waals surface area contributed by atoms with Crippen LogP contribution in [0.25, 0.3) is 0 Å². The molecule has 0 unspecified atom stereocenters. The molecule has 0 fully saturated rings. The van der Waals surface area contributed by atoms with Crippen molar-refractivity contribution in [2.24, 2.45) is 0 Å². The molecule has 0 aliphatic carbocycles. The Morgan fingerprint density at radius 2 is 2.18 bits per heavy atom. The fraction of sp³-hybridized carbons (Fsp3) is 0.643. The van der Waals surface area contributed by atoms with Gasteiger partial charge in [0, 0.05) is 25.7 Å². The lowest BCUT2D eigenvalue weighted by Gasteiger charge is -2.12. The minimum Gasteiger partial charge on any atom is -0.310 e. The molecule has 17 heavy (non-hydrogen) atoms. The van der Waals surface area contributed by atoms with Crippen molar-refractivity contribution in [3.8, 4) is 11.8 Å². The summed E-state index contributed by atoms with van der Waals surface area (Å²) in [6.07, 6.45) is 5.26. The van der Waals surface area contributed by atoms with Crippen molar-refractivity contribution in [3.05, 3.63) is 18.0 Å². The molecule has 1 aromatic rings. The molecule has 0 amide bonds. The topological polar surface area (TPSA) is 29.9 Å². The molecule has 3 nitrogen and oxygen atoms in total. The average molecular weight is 233 g/mol. The van der Waals surface area contributed by atoms with E-state index < -0.39 is 0 Å². The van der Waals surface area contributed by atoms with Crippen LogP contribution in [-0.2, 0) is 6.54 Å². The molecule has 0 spiro atoms. The third-order valence-corrected chi connectivity index (χ3v) is 2.89. The Kier molecular flexibility index (Phi) is 6.42. The van der Waals surface area contributed by atoms with Crippen LogP contribution in [0.4, 0.5) is 0 Å². The van der Waals surface area contributed by atoms with E-state index in [0.29, 0.717) is 6.04 Å². The third-order valence-electron chi connectivity index (χ3n) is 2.89. The van der Waals surface area contributed by atoms with Crippen LogP contribution in [0.15, 0.2) is 12.3 Å². The lowest BCUT2D eigenvalue weighted by atomic mass is 10.2. The molecular formula is C14H23N3. The van der Waals surface area contributed by atoms with E-state index in [1.54, 1.807) is 0 Å². The first-order chi connectivity index (χ1) is 8.31. The standard InChI is InChI=1S/C14H23N3/c1-4-7-8-10-15-12-13-9-11-17(16-13)14(5-2)6-3/h9,11,14-15H,5-6,8,10,12H2,1-3H3. The molecule has 0 radical (unpaired) electrons. The summed E-state index contributed by atoms with van der Waals surface area (Å²) in [6.45, 7) is 8.04. The van der Waals surface area contributed by atoms with E-state index in [1.807, 2.05) is 6.92 Å². The third kappa shape index (κ3) is 4.62. The second-order valence-corrected chi connectivity index (χ2v) is 4.11. The van der Waals surface area contributed by atoms with E-state index in [0.717, 1.165) is 38.0 Å². The molecular weight excluding hydrogens is 210 g/mol. The maximum absolute atomic E-state index is 4.59. The summed E-state index contributed by atoms with van der Waals surface area (Å²) in [5, 5.41) is 7.93. The number of nitrogens with one attached hydrogen (secondary N) is 1. The molecule has 1 aromatic heterocycles. The zero-order chi connectivity index (χ0) is 12.5. The summed E-state index contributed by atoms with van der Waals surface area (Å²) in [5.41, 5.74) is 1.11. The summed E-state index contributed by atoms with van der Waals surface area (Å²) in [4.78, 5) is 0. The number of hydrogen-bond donors (Lipinski definition) is 1. The summed E-state index contributed by atoms with van der Waals surface area (Å²) in [5.74, 6) is 5.93. The van der Waals surface area contributed by atoms with Crippen LogP contribution in [0.1, 0.15) is 51.8 Å². The number of hydrogen-bond acceptors (Lipinski definition) is 2. The van der Waals surface area contributed by atoms with E-state index in [4.69, 9.17) is 0 Å². The monoisotopic (exact) mass is 233 g/mol. The van der Waals surface area contributed by atoms with Crippen LogP contribution in [0, 0.1) is 11.8 Å². The van der Waals surface area contributed by atoms with Gasteiger partial charge in [-0.25, -0.2) is 0 Å². The molecule has 3 heteroatoms. The fourth-order valence-corrected chi connectivity index (χ4v) is 1.83. The van der Waals surface area contributed by atoms with E-state index in [9.17, 15) is 0 Å². The van der Waals surface area contributed by atoms with Crippen LogP contribution >= 0.6 is 0 Å². The van der Waals surface area contributed by atoms with Crippen LogP contribution in [0.5, 0.6) is 0 Å². The number of aromatic nitrogens is 2. The van der Waals surface area contributed by atoms with Gasteiger partial charge in [0.05, 0.1) is 11.7 Å². The van der Waals surface area contributed by atoms with E-state index in [2.05, 4.69) is 53.0 Å². The van der Waals surface area contributed by atoms with E-state index in [-0.39, 0.29) is 0 Å². The second kappa shape index (κ2) is 7.92. The zero-order valence-electron chi connectivity index (χ0n) is 11.2. The molecule has 0 aliphatic heterocycles. The van der Waals surface area contributed by atoms with Gasteiger partial charge in [0.25, 0.3) is 0 Å². The Hall–Kier alpha value is -1.27. The van der Waals surface area contributed by atoms with E-state index in [1.165, 1.54) is 0 Å². The van der Waals surface area contributed by atoms with Gasteiger partial charge in [-0.3, -0.25) is 4.68 Å². The lowest BCUT2D eigenvalue weighted by Crippen LogP contribution is -2.15. The van der Waals surface area contributed by atoms with Crippen molar-refractivity contribution in [2.45, 2.75) is 52.6 Å². The average Bonchev–Trinajstić information content (AvgIpc) is 2.79. The highest BCUT2D eigenvalue weighted by Crippen LogP contribution is 2.14. The summed E-state index contributed by atoms with van der Waals surface area (Å²) in [6, 6.07) is 2.63. The van der Waals surface area contributed by atoms with Crippen molar-refractivity contribution in [1.29, 1.82) is 0 Å². The SMILES string of the molecule is CC#CCCNCc1ccn(C(CC)CC)n1. The van der Waals surface area contributed by atoms with Gasteiger partial charge in [-0.1, -0.05) is 13.8 Å². The van der Waals surface area contributed by atoms with Gasteiger partial charge in [0.2, 0.25) is 0 Å². The maximum atomic E-state index is 4.59. The second-order valence-electron chi connectivity index (χ2n) is 4.11. The van der Waals surface area contributed by atoms with Crippen LogP contribution in [-0.4, -0.2) is 16.3 Å². The van der Waals surface area contributed by atoms with Gasteiger partial charge in [-0.2, -0.15) is 5.10 Å². The summed E-state index contributed by atoms with van der Waals surface area (Å²) < 4.78 is 2.09. The molecule has 1 rings (SSSR count). The van der Waals surface area contributed by atoms with Crippen molar-refractivity contribution < 1.29 is 0 Å². The van der Waals surface area contributed by atoms with Crippen LogP contribution in [0.2, 0.25) is 0 Å². The Morgan fingerprint density at radius 1 is 1.41 bits per heavy atom. The highest BCUT2D eigenvalue weighted by molar-refractivity contribution is 5.00. The van der Waals surface area contributed by atoms with Gasteiger partial charge in [0.1, 0.15) is 0 Å². The normalized spacial score (nSPS) is 10.4. The summed E-state index contributed by atoms with van der Waals surface area (Å²) >= 11 is 0. The molecule has 0 aromatic carbocycles. The van der Waals surface area contributed by atoms with Crippen LogP contribution in [0.3, 0.4) is 0 Å². The molecule has 0 saturated heterocycles. The van der Waals surface area contributed by atoms with Crippen LogP contribution < -0.4 is 5.32 Å². The van der Waals surface area contributed by atoms with Gasteiger partial charge in [0.15, 0.2) is 0 Å². The van der Waals surface area contributed by atoms with E-state index >= 15 is 0 Å². The maximum Gasteiger partial charge on any atom is 0.0762 e. The molecule has 0 bridgehead atoms. The number of nitrogens with zero attached hydrogens (tertiary/aromatic N) is 2. The minimum atomic E-state index is 0.537. The predicted octanol–water partition coefficient (Wildman–Crippen LogP) is 2.75.